The molecule has 0 unspecified atom stereocenters. The summed E-state index contributed by atoms with van der Waals surface area (Å²) in [6.45, 7) is 0.368. The topological polar surface area (TPSA) is 58.6 Å². The van der Waals surface area contributed by atoms with Crippen molar-refractivity contribution in [2.45, 2.75) is 6.61 Å². The predicted octanol–water partition coefficient (Wildman–Crippen LogP) is 5.14. The van der Waals surface area contributed by atoms with Crippen molar-refractivity contribution < 1.29 is 14.3 Å². The second-order valence-electron chi connectivity index (χ2n) is 6.56. The first kappa shape index (κ1) is 20.2. The number of carbonyl (C=O) groups is 2. The van der Waals surface area contributed by atoms with Crippen molar-refractivity contribution in [3.05, 3.63) is 99.0 Å². The Bertz CT molecular complexity index is 1110. The predicted molar refractivity (Wildman–Crippen MR) is 120 cm³/mol. The van der Waals surface area contributed by atoms with Gasteiger partial charge in [0.25, 0.3) is 11.8 Å². The van der Waals surface area contributed by atoms with Crippen LogP contribution in [-0.4, -0.2) is 11.8 Å². The normalized spacial score (nSPS) is 14.9. The maximum atomic E-state index is 12.7. The van der Waals surface area contributed by atoms with Crippen molar-refractivity contribution in [1.29, 1.82) is 0 Å². The monoisotopic (exact) mass is 482 g/mol. The highest BCUT2D eigenvalue weighted by Gasteiger charge is 2.34. The molecule has 1 N–H and O–H groups in total. The Hall–Kier alpha value is -3.09. The molecule has 3 aromatic rings. The molecular formula is C23H16BrClN2O3. The van der Waals surface area contributed by atoms with Gasteiger partial charge in [0.15, 0.2) is 5.75 Å². The minimum Gasteiger partial charge on any atom is -0.486 e. The van der Waals surface area contributed by atoms with Crippen LogP contribution in [0.25, 0.3) is 6.08 Å². The zero-order valence-corrected chi connectivity index (χ0v) is 18.0. The lowest BCUT2D eigenvalue weighted by Gasteiger charge is -2.14. The Morgan fingerprint density at radius 1 is 1.00 bits per heavy atom. The highest BCUT2D eigenvalue weighted by molar-refractivity contribution is 9.10. The van der Waals surface area contributed by atoms with Crippen LogP contribution >= 0.6 is 27.5 Å². The van der Waals surface area contributed by atoms with E-state index in [1.165, 1.54) is 11.1 Å². The highest BCUT2D eigenvalue weighted by atomic mass is 79.9. The van der Waals surface area contributed by atoms with Crippen LogP contribution < -0.4 is 15.2 Å². The van der Waals surface area contributed by atoms with E-state index in [2.05, 4.69) is 21.4 Å². The van der Waals surface area contributed by atoms with Crippen LogP contribution in [0, 0.1) is 0 Å². The number of nitrogens with zero attached hydrogens (tertiary/aromatic N) is 1. The van der Waals surface area contributed by atoms with Gasteiger partial charge in [-0.05, 0) is 57.4 Å². The average Bonchev–Trinajstić information content (AvgIpc) is 3.03. The number of carbonyl (C=O) groups excluding carboxylic acids is 2. The van der Waals surface area contributed by atoms with Crippen LogP contribution in [-0.2, 0) is 16.2 Å². The molecule has 0 atom stereocenters. The van der Waals surface area contributed by atoms with Gasteiger partial charge in [0.2, 0.25) is 0 Å². The number of halogens is 2. The molecule has 2 amide bonds. The first-order valence-electron chi connectivity index (χ1n) is 9.11. The third kappa shape index (κ3) is 4.25. The van der Waals surface area contributed by atoms with Gasteiger partial charge in [0, 0.05) is 0 Å². The zero-order valence-electron chi connectivity index (χ0n) is 15.6. The molecule has 150 valence electrons. The van der Waals surface area contributed by atoms with Gasteiger partial charge in [-0.1, -0.05) is 60.1 Å². The fourth-order valence-corrected chi connectivity index (χ4v) is 4.00. The minimum atomic E-state index is -0.472. The largest absolute Gasteiger partial charge is 0.486 e. The molecule has 1 aliphatic rings. The van der Waals surface area contributed by atoms with E-state index >= 15 is 0 Å². The number of rotatable bonds is 5. The van der Waals surface area contributed by atoms with Gasteiger partial charge in [-0.25, -0.2) is 5.01 Å². The summed E-state index contributed by atoms with van der Waals surface area (Å²) in [5.41, 5.74) is 4.81. The fraction of sp³-hybridized carbons (Fsp3) is 0.0435. The molecule has 1 aliphatic heterocycles. The van der Waals surface area contributed by atoms with E-state index in [0.717, 1.165) is 5.56 Å². The number of benzene rings is 3. The molecule has 7 heteroatoms. The Morgan fingerprint density at radius 3 is 2.33 bits per heavy atom. The Labute approximate surface area is 187 Å². The number of para-hydroxylation sites is 1. The van der Waals surface area contributed by atoms with E-state index < -0.39 is 11.8 Å². The van der Waals surface area contributed by atoms with Gasteiger partial charge in [-0.3, -0.25) is 15.0 Å². The van der Waals surface area contributed by atoms with E-state index in [9.17, 15) is 9.59 Å². The van der Waals surface area contributed by atoms with Gasteiger partial charge < -0.3 is 4.74 Å². The van der Waals surface area contributed by atoms with Crippen LogP contribution in [0.1, 0.15) is 11.1 Å². The molecule has 0 spiro atoms. The molecule has 1 heterocycles. The van der Waals surface area contributed by atoms with Crippen molar-refractivity contribution in [2.24, 2.45) is 0 Å². The van der Waals surface area contributed by atoms with Crippen molar-refractivity contribution in [3.63, 3.8) is 0 Å². The Balaban J connectivity index is 1.56. The summed E-state index contributed by atoms with van der Waals surface area (Å²) in [5, 5.41) is 1.60. The zero-order chi connectivity index (χ0) is 21.1. The van der Waals surface area contributed by atoms with Gasteiger partial charge in [-0.15, -0.1) is 0 Å². The van der Waals surface area contributed by atoms with Crippen LogP contribution in [0.15, 0.2) is 82.8 Å². The number of hydrazine groups is 1. The highest BCUT2D eigenvalue weighted by Crippen LogP contribution is 2.36. The van der Waals surface area contributed by atoms with Crippen LogP contribution in [0.2, 0.25) is 5.02 Å². The summed E-state index contributed by atoms with van der Waals surface area (Å²) in [5.74, 6) is -0.404. The van der Waals surface area contributed by atoms with E-state index in [-0.39, 0.29) is 5.57 Å². The van der Waals surface area contributed by atoms with Gasteiger partial charge in [-0.2, -0.15) is 0 Å². The summed E-state index contributed by atoms with van der Waals surface area (Å²) in [7, 11) is 0. The summed E-state index contributed by atoms with van der Waals surface area (Å²) in [6.07, 6.45) is 1.51. The summed E-state index contributed by atoms with van der Waals surface area (Å²) in [6, 6.07) is 22.1. The summed E-state index contributed by atoms with van der Waals surface area (Å²) in [4.78, 5) is 25.1. The number of hydrogen-bond acceptors (Lipinski definition) is 3. The lowest BCUT2D eigenvalue weighted by atomic mass is 10.1. The van der Waals surface area contributed by atoms with Crippen LogP contribution in [0.3, 0.4) is 0 Å². The van der Waals surface area contributed by atoms with Crippen molar-refractivity contribution in [3.8, 4) is 5.75 Å². The lowest BCUT2D eigenvalue weighted by Crippen LogP contribution is -2.35. The van der Waals surface area contributed by atoms with E-state index in [1.807, 2.05) is 36.4 Å². The molecule has 0 aromatic heterocycles. The molecule has 4 rings (SSSR count). The number of anilines is 1. The molecule has 0 bridgehead atoms. The van der Waals surface area contributed by atoms with Crippen LogP contribution in [0.4, 0.5) is 5.69 Å². The first-order chi connectivity index (χ1) is 14.5. The van der Waals surface area contributed by atoms with Gasteiger partial charge in [0.1, 0.15) is 12.2 Å². The Kier molecular flexibility index (Phi) is 5.88. The van der Waals surface area contributed by atoms with Gasteiger partial charge >= 0.3 is 0 Å². The maximum absolute atomic E-state index is 12.7. The standard InChI is InChI=1S/C23H16BrClN2O3/c24-19-12-16(13-20(25)21(19)30-14-15-7-3-1-4-8-15)11-18-22(28)26-27(23(18)29)17-9-5-2-6-10-17/h1-13H,14H2,(H,26,28). The summed E-state index contributed by atoms with van der Waals surface area (Å²) < 4.78 is 6.47. The third-order valence-corrected chi connectivity index (χ3v) is 5.33. The minimum absolute atomic E-state index is 0.0276. The summed E-state index contributed by atoms with van der Waals surface area (Å²) >= 11 is 9.87. The molecule has 0 radical (unpaired) electrons. The molecule has 30 heavy (non-hydrogen) atoms. The number of amides is 2. The first-order valence-corrected chi connectivity index (χ1v) is 10.3. The van der Waals surface area contributed by atoms with Gasteiger partial charge in [0.05, 0.1) is 15.2 Å². The molecule has 3 aromatic carbocycles. The molecular weight excluding hydrogens is 468 g/mol. The van der Waals surface area contributed by atoms with Crippen LogP contribution in [0.5, 0.6) is 5.75 Å². The maximum Gasteiger partial charge on any atom is 0.282 e. The number of nitrogens with one attached hydrogen (secondary N) is 1. The van der Waals surface area contributed by atoms with E-state index in [1.54, 1.807) is 36.4 Å². The fourth-order valence-electron chi connectivity index (χ4n) is 3.01. The smallest absolute Gasteiger partial charge is 0.282 e. The number of ether oxygens (including phenoxy) is 1. The number of hydrogen-bond donors (Lipinski definition) is 1. The molecule has 1 fully saturated rings. The van der Waals surface area contributed by atoms with Crippen molar-refractivity contribution >= 4 is 51.1 Å². The molecule has 5 nitrogen and oxygen atoms in total. The average molecular weight is 484 g/mol. The molecule has 0 saturated carbocycles. The quantitative estimate of drug-likeness (QED) is 0.404. The van der Waals surface area contributed by atoms with E-state index in [0.29, 0.717) is 33.1 Å². The SMILES string of the molecule is O=C1NN(c2ccccc2)C(=O)C1=Cc1cc(Cl)c(OCc2ccccc2)c(Br)c1. The van der Waals surface area contributed by atoms with E-state index in [4.69, 9.17) is 16.3 Å². The second-order valence-corrected chi connectivity index (χ2v) is 7.82. The Morgan fingerprint density at radius 2 is 1.67 bits per heavy atom. The molecule has 0 aliphatic carbocycles. The molecule has 1 saturated heterocycles. The van der Waals surface area contributed by atoms with Crippen molar-refractivity contribution in [2.75, 3.05) is 5.01 Å². The lowest BCUT2D eigenvalue weighted by molar-refractivity contribution is -0.117. The van der Waals surface area contributed by atoms with Crippen molar-refractivity contribution in [1.82, 2.24) is 5.43 Å². The third-order valence-electron chi connectivity index (χ3n) is 4.46. The second kappa shape index (κ2) is 8.73.